The molecule has 1 atom stereocenters. The van der Waals surface area contributed by atoms with Crippen molar-refractivity contribution in [3.63, 3.8) is 0 Å². The lowest BCUT2D eigenvalue weighted by Crippen LogP contribution is -2.51. The lowest BCUT2D eigenvalue weighted by atomic mass is 9.87. The minimum absolute atomic E-state index is 0.132. The third-order valence-corrected chi connectivity index (χ3v) is 6.33. The molecule has 0 aliphatic heterocycles. The van der Waals surface area contributed by atoms with Crippen LogP contribution in [-0.2, 0) is 31.3 Å². The topological polar surface area (TPSA) is 106 Å². The molecule has 1 aromatic heterocycles. The number of hydrogen-bond donors (Lipinski definition) is 0. The van der Waals surface area contributed by atoms with Crippen LogP contribution in [-0.4, -0.2) is 63.6 Å². The summed E-state index contributed by atoms with van der Waals surface area (Å²) in [5.41, 5.74) is 0.770. The highest BCUT2D eigenvalue weighted by atomic mass is 16.7. The lowest BCUT2D eigenvalue weighted by molar-refractivity contribution is -0.248. The van der Waals surface area contributed by atoms with Crippen molar-refractivity contribution in [1.29, 1.82) is 0 Å². The first-order valence-corrected chi connectivity index (χ1v) is 12.3. The molecular weight excluding hydrogens is 504 g/mol. The summed E-state index contributed by atoms with van der Waals surface area (Å²) in [6, 6.07) is 16.1. The van der Waals surface area contributed by atoms with Crippen LogP contribution >= 0.6 is 0 Å². The molecule has 0 amide bonds. The molecule has 0 N–H and O–H groups in total. The van der Waals surface area contributed by atoms with Crippen LogP contribution < -0.4 is 14.2 Å². The van der Waals surface area contributed by atoms with Crippen molar-refractivity contribution in [2.24, 2.45) is 0 Å². The van der Waals surface area contributed by atoms with E-state index in [1.165, 1.54) is 45.6 Å². The Hall–Kier alpha value is -4.15. The number of hydroxylamine groups is 2. The fraction of sp³-hybridized carbons (Fsp3) is 0.345. The number of pyridine rings is 1. The number of nitrogens with zero attached hydrogens (tertiary/aromatic N) is 2. The zero-order chi connectivity index (χ0) is 28.3. The SMILES string of the molecule is CC[C@@](COC(=O)c1cc(OC)c(OC)c(OC)c1)(c1ccccc1)N(CC(=O)OC)OCc1cccnc1. The fourth-order valence-corrected chi connectivity index (χ4v) is 4.14. The molecule has 3 rings (SSSR count). The van der Waals surface area contributed by atoms with Gasteiger partial charge in [-0.15, -0.1) is 0 Å². The average Bonchev–Trinajstić information content (AvgIpc) is 2.99. The summed E-state index contributed by atoms with van der Waals surface area (Å²) in [6.45, 7) is 1.73. The highest BCUT2D eigenvalue weighted by Gasteiger charge is 2.41. The van der Waals surface area contributed by atoms with E-state index in [0.717, 1.165) is 11.1 Å². The Morgan fingerprint density at radius 2 is 1.62 bits per heavy atom. The second kappa shape index (κ2) is 14.1. The van der Waals surface area contributed by atoms with Crippen LogP contribution in [0.15, 0.2) is 67.0 Å². The minimum Gasteiger partial charge on any atom is -0.493 e. The number of carbonyl (C=O) groups is 2. The molecule has 0 radical (unpaired) electrons. The van der Waals surface area contributed by atoms with Crippen molar-refractivity contribution in [3.8, 4) is 17.2 Å². The molecule has 39 heavy (non-hydrogen) atoms. The number of esters is 2. The van der Waals surface area contributed by atoms with Crippen molar-refractivity contribution in [2.45, 2.75) is 25.5 Å². The molecule has 1 heterocycles. The third kappa shape index (κ3) is 7.04. The second-order valence-corrected chi connectivity index (χ2v) is 8.49. The molecule has 10 nitrogen and oxygen atoms in total. The van der Waals surface area contributed by atoms with E-state index in [4.69, 9.17) is 28.5 Å². The van der Waals surface area contributed by atoms with Gasteiger partial charge in [0.15, 0.2) is 11.5 Å². The summed E-state index contributed by atoms with van der Waals surface area (Å²) in [6.07, 6.45) is 3.78. The molecule has 3 aromatic rings. The van der Waals surface area contributed by atoms with Crippen molar-refractivity contribution >= 4 is 11.9 Å². The Bertz CT molecular complexity index is 1200. The van der Waals surface area contributed by atoms with Gasteiger partial charge in [0.2, 0.25) is 5.75 Å². The summed E-state index contributed by atoms with van der Waals surface area (Å²) in [5, 5.41) is 1.52. The average molecular weight is 539 g/mol. The van der Waals surface area contributed by atoms with Gasteiger partial charge in [-0.2, -0.15) is 5.06 Å². The zero-order valence-electron chi connectivity index (χ0n) is 22.8. The standard InChI is InChI=1S/C29H34N2O8/c1-6-29(23-12-8-7-9-13-23,31(18-26(32)36-4)39-19-21-11-10-14-30-17-21)20-38-28(33)22-15-24(34-2)27(37-5)25(16-22)35-3/h7-17H,6,18-20H2,1-5H3/t29-/m1/s1. The largest absolute Gasteiger partial charge is 0.493 e. The van der Waals surface area contributed by atoms with Gasteiger partial charge in [-0.1, -0.05) is 43.3 Å². The lowest BCUT2D eigenvalue weighted by Gasteiger charge is -2.41. The number of rotatable bonds is 14. The van der Waals surface area contributed by atoms with Gasteiger partial charge in [0.1, 0.15) is 18.7 Å². The van der Waals surface area contributed by atoms with Gasteiger partial charge in [-0.3, -0.25) is 14.6 Å². The quantitative estimate of drug-likeness (QED) is 0.219. The van der Waals surface area contributed by atoms with Crippen molar-refractivity contribution in [1.82, 2.24) is 10.0 Å². The monoisotopic (exact) mass is 538 g/mol. The van der Waals surface area contributed by atoms with Crippen LogP contribution in [0.2, 0.25) is 0 Å². The number of carbonyl (C=O) groups excluding carboxylic acids is 2. The first-order valence-electron chi connectivity index (χ1n) is 12.3. The van der Waals surface area contributed by atoms with Crippen LogP contribution in [0.4, 0.5) is 0 Å². The van der Waals surface area contributed by atoms with Crippen LogP contribution in [0.25, 0.3) is 0 Å². The van der Waals surface area contributed by atoms with Crippen molar-refractivity contribution in [2.75, 3.05) is 41.6 Å². The number of methoxy groups -OCH3 is 4. The highest BCUT2D eigenvalue weighted by Crippen LogP contribution is 2.39. The van der Waals surface area contributed by atoms with E-state index in [1.807, 2.05) is 43.3 Å². The first kappa shape index (κ1) is 29.4. The fourth-order valence-electron chi connectivity index (χ4n) is 4.14. The predicted molar refractivity (Wildman–Crippen MR) is 143 cm³/mol. The Kier molecular flexibility index (Phi) is 10.7. The molecule has 0 aliphatic carbocycles. The molecular formula is C29H34N2O8. The highest BCUT2D eigenvalue weighted by molar-refractivity contribution is 5.91. The molecule has 10 heteroatoms. The van der Waals surface area contributed by atoms with Crippen LogP contribution in [0.3, 0.4) is 0 Å². The van der Waals surface area contributed by atoms with E-state index in [1.54, 1.807) is 18.5 Å². The van der Waals surface area contributed by atoms with Gasteiger partial charge in [0.25, 0.3) is 0 Å². The molecule has 2 aromatic carbocycles. The Balaban J connectivity index is 1.98. The molecule has 208 valence electrons. The van der Waals surface area contributed by atoms with E-state index in [2.05, 4.69) is 4.98 Å². The smallest absolute Gasteiger partial charge is 0.338 e. The Labute approximate surface area is 228 Å². The van der Waals surface area contributed by atoms with E-state index in [0.29, 0.717) is 23.7 Å². The molecule has 0 fully saturated rings. The van der Waals surface area contributed by atoms with Crippen LogP contribution in [0.1, 0.15) is 34.8 Å². The first-order chi connectivity index (χ1) is 18.9. The second-order valence-electron chi connectivity index (χ2n) is 8.49. The summed E-state index contributed by atoms with van der Waals surface area (Å²) < 4.78 is 26.9. The molecule has 0 unspecified atom stereocenters. The van der Waals surface area contributed by atoms with Crippen molar-refractivity contribution in [3.05, 3.63) is 83.7 Å². The van der Waals surface area contributed by atoms with Crippen molar-refractivity contribution < 1.29 is 38.1 Å². The number of benzene rings is 2. The minimum atomic E-state index is -1.03. The van der Waals surface area contributed by atoms with E-state index < -0.39 is 17.5 Å². The van der Waals surface area contributed by atoms with Gasteiger partial charge in [0, 0.05) is 12.4 Å². The molecule has 0 spiro atoms. The molecule has 0 aliphatic rings. The van der Waals surface area contributed by atoms with Crippen LogP contribution in [0, 0.1) is 0 Å². The summed E-state index contributed by atoms with van der Waals surface area (Å²) in [7, 11) is 5.72. The van der Waals surface area contributed by atoms with Gasteiger partial charge < -0.3 is 23.7 Å². The summed E-state index contributed by atoms with van der Waals surface area (Å²) in [5.74, 6) is -0.127. The van der Waals surface area contributed by atoms with E-state index in [-0.39, 0.29) is 25.3 Å². The predicted octanol–water partition coefficient (Wildman–Crippen LogP) is 4.18. The Morgan fingerprint density at radius 1 is 0.923 bits per heavy atom. The van der Waals surface area contributed by atoms with Gasteiger partial charge in [-0.05, 0) is 35.7 Å². The molecule has 0 saturated heterocycles. The van der Waals surface area contributed by atoms with Gasteiger partial charge in [0.05, 0.1) is 40.6 Å². The summed E-state index contributed by atoms with van der Waals surface area (Å²) in [4.78, 5) is 36.1. The summed E-state index contributed by atoms with van der Waals surface area (Å²) >= 11 is 0. The maximum atomic E-state index is 13.3. The number of ether oxygens (including phenoxy) is 5. The normalized spacial score (nSPS) is 12.4. The van der Waals surface area contributed by atoms with E-state index in [9.17, 15) is 9.59 Å². The maximum absolute atomic E-state index is 13.3. The number of aromatic nitrogens is 1. The molecule has 0 bridgehead atoms. The Morgan fingerprint density at radius 3 is 2.15 bits per heavy atom. The number of hydrogen-bond acceptors (Lipinski definition) is 10. The van der Waals surface area contributed by atoms with Gasteiger partial charge >= 0.3 is 11.9 Å². The van der Waals surface area contributed by atoms with Gasteiger partial charge in [-0.25, -0.2) is 4.79 Å². The third-order valence-electron chi connectivity index (χ3n) is 6.33. The van der Waals surface area contributed by atoms with Crippen LogP contribution in [0.5, 0.6) is 17.2 Å². The maximum Gasteiger partial charge on any atom is 0.338 e. The zero-order valence-corrected chi connectivity index (χ0v) is 22.8. The van der Waals surface area contributed by atoms with E-state index >= 15 is 0 Å². The molecule has 0 saturated carbocycles.